The smallest absolute Gasteiger partial charge is 0.209 e. The zero-order valence-corrected chi connectivity index (χ0v) is 11.6. The lowest BCUT2D eigenvalue weighted by molar-refractivity contribution is 0.0977. The molecule has 4 rings (SSSR count). The maximum Gasteiger partial charge on any atom is 0.209 e. The molecule has 0 spiro atoms. The third-order valence-corrected chi connectivity index (χ3v) is 3.97. The Kier molecular flexibility index (Phi) is 2.40. The highest BCUT2D eigenvalue weighted by Crippen LogP contribution is 2.41. The molecule has 1 aromatic heterocycles. The van der Waals surface area contributed by atoms with Gasteiger partial charge in [0.05, 0.1) is 11.1 Å². The maximum absolute atomic E-state index is 12.8. The average Bonchev–Trinajstić information content (AvgIpc) is 2.86. The maximum atomic E-state index is 12.8. The van der Waals surface area contributed by atoms with Gasteiger partial charge in [-0.2, -0.15) is 5.26 Å². The van der Waals surface area contributed by atoms with Gasteiger partial charge in [-0.15, -0.1) is 0 Å². The van der Waals surface area contributed by atoms with Gasteiger partial charge < -0.3 is 15.3 Å². The van der Waals surface area contributed by atoms with Crippen molar-refractivity contribution in [3.63, 3.8) is 0 Å². The molecule has 6 nitrogen and oxygen atoms in total. The number of fused-ring (bicyclic) bond motifs is 4. The molecule has 110 valence electrons. The zero-order valence-electron chi connectivity index (χ0n) is 11.6. The molecule has 0 saturated heterocycles. The fourth-order valence-electron chi connectivity index (χ4n) is 2.95. The lowest BCUT2D eigenvalue weighted by Crippen LogP contribution is -2.21. The molecule has 1 heterocycles. The number of ketones is 2. The number of nitrogen functional groups attached to an aromatic ring is 1. The van der Waals surface area contributed by atoms with Gasteiger partial charge in [-0.25, -0.2) is 0 Å². The van der Waals surface area contributed by atoms with E-state index < -0.39 is 11.6 Å². The number of aromatic hydroxyl groups is 1. The van der Waals surface area contributed by atoms with Crippen LogP contribution >= 0.6 is 0 Å². The molecule has 0 radical (unpaired) electrons. The molecule has 0 fully saturated rings. The number of rotatable bonds is 0. The van der Waals surface area contributed by atoms with Crippen molar-refractivity contribution in [1.82, 2.24) is 0 Å². The minimum absolute atomic E-state index is 0.0252. The molecular weight excluding hydrogens is 296 g/mol. The molecule has 23 heavy (non-hydrogen) atoms. The van der Waals surface area contributed by atoms with E-state index in [-0.39, 0.29) is 50.4 Å². The number of anilines is 1. The van der Waals surface area contributed by atoms with Gasteiger partial charge >= 0.3 is 0 Å². The highest BCUT2D eigenvalue weighted by molar-refractivity contribution is 6.32. The average molecular weight is 304 g/mol. The standard InChI is InChI=1S/C17H8N2O4/c18-6-10-9-5-11(20)12-13(16(9)23-17(10)19)15(22)8-4-2-1-3-7(8)14(12)21/h1-5,20H,19H2. The topological polar surface area (TPSA) is 117 Å². The number of carbonyl (C=O) groups excluding carboxylic acids is 2. The lowest BCUT2D eigenvalue weighted by atomic mass is 9.82. The van der Waals surface area contributed by atoms with Crippen molar-refractivity contribution >= 4 is 28.4 Å². The van der Waals surface area contributed by atoms with Crippen LogP contribution in [0.1, 0.15) is 37.4 Å². The van der Waals surface area contributed by atoms with E-state index in [1.54, 1.807) is 12.1 Å². The van der Waals surface area contributed by atoms with Gasteiger partial charge in [0.1, 0.15) is 23.0 Å². The van der Waals surface area contributed by atoms with Gasteiger partial charge in [-0.3, -0.25) is 9.59 Å². The monoisotopic (exact) mass is 304 g/mol. The second kappa shape index (κ2) is 4.21. The van der Waals surface area contributed by atoms with E-state index in [0.29, 0.717) is 0 Å². The Morgan fingerprint density at radius 3 is 2.30 bits per heavy atom. The number of nitrogens with two attached hydrogens (primary N) is 1. The van der Waals surface area contributed by atoms with Crippen LogP contribution in [0.4, 0.5) is 5.88 Å². The van der Waals surface area contributed by atoms with E-state index in [0.717, 1.165) is 0 Å². The first-order chi connectivity index (χ1) is 11.0. The van der Waals surface area contributed by atoms with Crippen LogP contribution < -0.4 is 5.73 Å². The van der Waals surface area contributed by atoms with Crippen LogP contribution in [0.25, 0.3) is 11.0 Å². The minimum atomic E-state index is -0.469. The van der Waals surface area contributed by atoms with Crippen LogP contribution in [0.2, 0.25) is 0 Å². The molecule has 0 aliphatic heterocycles. The number of benzene rings is 2. The van der Waals surface area contributed by atoms with Crippen molar-refractivity contribution in [2.24, 2.45) is 0 Å². The largest absolute Gasteiger partial charge is 0.507 e. The summed E-state index contributed by atoms with van der Waals surface area (Å²) in [6.07, 6.45) is 0. The molecule has 0 atom stereocenters. The van der Waals surface area contributed by atoms with Crippen LogP contribution in [0.5, 0.6) is 5.75 Å². The summed E-state index contributed by atoms with van der Waals surface area (Å²) in [7, 11) is 0. The first-order valence-electron chi connectivity index (χ1n) is 6.71. The highest BCUT2D eigenvalue weighted by Gasteiger charge is 2.35. The van der Waals surface area contributed by atoms with Crippen molar-refractivity contribution in [3.05, 3.63) is 58.1 Å². The Hall–Kier alpha value is -3.59. The highest BCUT2D eigenvalue weighted by atomic mass is 16.3. The molecular formula is C17H8N2O4. The number of furan rings is 1. The predicted molar refractivity (Wildman–Crippen MR) is 80.3 cm³/mol. The van der Waals surface area contributed by atoms with Gasteiger partial charge in [-0.1, -0.05) is 24.3 Å². The number of nitriles is 1. The summed E-state index contributed by atoms with van der Waals surface area (Å²) >= 11 is 0. The van der Waals surface area contributed by atoms with E-state index in [1.807, 2.05) is 6.07 Å². The number of carbonyl (C=O) groups is 2. The molecule has 1 aliphatic rings. The fourth-order valence-corrected chi connectivity index (χ4v) is 2.95. The second-order valence-electron chi connectivity index (χ2n) is 5.18. The summed E-state index contributed by atoms with van der Waals surface area (Å²) in [5, 5.41) is 19.6. The summed E-state index contributed by atoms with van der Waals surface area (Å²) in [4.78, 5) is 25.4. The summed E-state index contributed by atoms with van der Waals surface area (Å²) in [5.41, 5.74) is 5.99. The SMILES string of the molecule is N#Cc1c(N)oc2c3c(c(O)cc12)C(=O)c1ccccc1C3=O. The Morgan fingerprint density at radius 1 is 1.09 bits per heavy atom. The fraction of sp³-hybridized carbons (Fsp3) is 0. The molecule has 0 bridgehead atoms. The number of phenolic OH excluding ortho intramolecular Hbond substituents is 1. The molecule has 1 aliphatic carbocycles. The van der Waals surface area contributed by atoms with Crippen LogP contribution in [-0.4, -0.2) is 16.7 Å². The molecule has 3 N–H and O–H groups in total. The minimum Gasteiger partial charge on any atom is -0.507 e. The summed E-state index contributed by atoms with van der Waals surface area (Å²) in [6.45, 7) is 0. The first-order valence-corrected chi connectivity index (χ1v) is 6.71. The third kappa shape index (κ3) is 1.50. The van der Waals surface area contributed by atoms with Crippen molar-refractivity contribution in [2.75, 3.05) is 5.73 Å². The molecule has 2 aromatic carbocycles. The molecule has 6 heteroatoms. The normalized spacial score (nSPS) is 12.8. The van der Waals surface area contributed by atoms with Gasteiger partial charge in [0.25, 0.3) is 0 Å². The van der Waals surface area contributed by atoms with E-state index >= 15 is 0 Å². The van der Waals surface area contributed by atoms with E-state index in [9.17, 15) is 14.7 Å². The number of phenols is 1. The summed E-state index contributed by atoms with van der Waals surface area (Å²) in [6, 6.07) is 9.45. The third-order valence-electron chi connectivity index (χ3n) is 3.97. The summed E-state index contributed by atoms with van der Waals surface area (Å²) in [5.74, 6) is -1.45. The van der Waals surface area contributed by atoms with Crippen molar-refractivity contribution < 1.29 is 19.1 Å². The zero-order chi connectivity index (χ0) is 16.3. The number of hydrogen-bond donors (Lipinski definition) is 2. The van der Waals surface area contributed by atoms with Crippen LogP contribution in [0.15, 0.2) is 34.7 Å². The van der Waals surface area contributed by atoms with Gasteiger partial charge in [-0.05, 0) is 6.07 Å². The molecule has 3 aromatic rings. The van der Waals surface area contributed by atoms with E-state index in [1.165, 1.54) is 18.2 Å². The van der Waals surface area contributed by atoms with Crippen molar-refractivity contribution in [3.8, 4) is 11.8 Å². The summed E-state index contributed by atoms with van der Waals surface area (Å²) < 4.78 is 5.35. The quantitative estimate of drug-likeness (QED) is 0.515. The van der Waals surface area contributed by atoms with Crippen LogP contribution in [0, 0.1) is 11.3 Å². The van der Waals surface area contributed by atoms with Crippen LogP contribution in [0.3, 0.4) is 0 Å². The van der Waals surface area contributed by atoms with Crippen molar-refractivity contribution in [2.45, 2.75) is 0 Å². The van der Waals surface area contributed by atoms with Gasteiger partial charge in [0, 0.05) is 16.5 Å². The van der Waals surface area contributed by atoms with Crippen molar-refractivity contribution in [1.29, 1.82) is 5.26 Å². The van der Waals surface area contributed by atoms with Crippen LogP contribution in [-0.2, 0) is 0 Å². The number of nitrogens with zero attached hydrogens (tertiary/aromatic N) is 1. The van der Waals surface area contributed by atoms with Gasteiger partial charge in [0.15, 0.2) is 11.6 Å². The first kappa shape index (κ1) is 13.1. The molecule has 0 unspecified atom stereocenters. The Labute approximate surface area is 129 Å². The lowest BCUT2D eigenvalue weighted by Gasteiger charge is -2.18. The predicted octanol–water partition coefficient (Wildman–Crippen LogP) is 2.37. The number of hydrogen-bond acceptors (Lipinski definition) is 6. The van der Waals surface area contributed by atoms with Gasteiger partial charge in [0.2, 0.25) is 5.88 Å². The van der Waals surface area contributed by atoms with E-state index in [4.69, 9.17) is 15.4 Å². The molecule has 0 amide bonds. The second-order valence-corrected chi connectivity index (χ2v) is 5.18. The van der Waals surface area contributed by atoms with E-state index in [2.05, 4.69) is 0 Å². The molecule has 0 saturated carbocycles. The Bertz CT molecular complexity index is 1090. The Morgan fingerprint density at radius 2 is 1.70 bits per heavy atom. The Balaban J connectivity index is 2.19.